The van der Waals surface area contributed by atoms with Crippen LogP contribution in [0.25, 0.3) is 34.2 Å². The second kappa shape index (κ2) is 16.2. The number of benzene rings is 3. The van der Waals surface area contributed by atoms with Crippen molar-refractivity contribution in [3.63, 3.8) is 0 Å². The highest BCUT2D eigenvalue weighted by Gasteiger charge is 2.18. The smallest absolute Gasteiger partial charge is 0.168 e. The van der Waals surface area contributed by atoms with Gasteiger partial charge in [-0.15, -0.1) is 0 Å². The molecule has 0 aliphatic heterocycles. The zero-order chi connectivity index (χ0) is 30.6. The van der Waals surface area contributed by atoms with Crippen LogP contribution in [0.5, 0.6) is 11.5 Å². The van der Waals surface area contributed by atoms with Gasteiger partial charge in [-0.1, -0.05) is 125 Å². The first-order valence-electron chi connectivity index (χ1n) is 16.2. The van der Waals surface area contributed by atoms with Gasteiger partial charge in [0.2, 0.25) is 0 Å². The summed E-state index contributed by atoms with van der Waals surface area (Å²) in [5, 5.41) is 11.3. The largest absolute Gasteiger partial charge is 0.504 e. The van der Waals surface area contributed by atoms with E-state index in [1.54, 1.807) is 0 Å². The second-order valence-corrected chi connectivity index (χ2v) is 12.0. The van der Waals surface area contributed by atoms with Crippen LogP contribution in [0, 0.1) is 27.7 Å². The fraction of sp³-hybridized carbons (Fsp3) is 0.447. The molecule has 0 amide bonds. The van der Waals surface area contributed by atoms with E-state index in [0.717, 1.165) is 35.1 Å². The molecule has 4 rings (SSSR count). The number of unbranched alkanes of at least 4 members (excludes halogenated alkanes) is 10. The fourth-order valence-corrected chi connectivity index (χ4v) is 5.63. The molecule has 0 aliphatic carbocycles. The van der Waals surface area contributed by atoms with Gasteiger partial charge in [0.1, 0.15) is 0 Å². The van der Waals surface area contributed by atoms with Crippen LogP contribution in [0.2, 0.25) is 0 Å². The van der Waals surface area contributed by atoms with Gasteiger partial charge in [-0.25, -0.2) is 15.0 Å². The van der Waals surface area contributed by atoms with Gasteiger partial charge in [0.05, 0.1) is 12.2 Å². The van der Waals surface area contributed by atoms with Gasteiger partial charge >= 0.3 is 0 Å². The minimum absolute atomic E-state index is 0.0647. The van der Waals surface area contributed by atoms with Gasteiger partial charge in [0.25, 0.3) is 0 Å². The number of aromatic nitrogens is 3. The summed E-state index contributed by atoms with van der Waals surface area (Å²) in [5.74, 6) is 2.13. The molecule has 0 bridgehead atoms. The molecule has 43 heavy (non-hydrogen) atoms. The first-order valence-corrected chi connectivity index (χ1v) is 16.2. The quantitative estimate of drug-likeness (QED) is 0.134. The molecule has 0 saturated carbocycles. The predicted octanol–water partition coefficient (Wildman–Crippen LogP) is 10.5. The summed E-state index contributed by atoms with van der Waals surface area (Å²) in [6.07, 6.45) is 14.1. The minimum atomic E-state index is 0.0647. The van der Waals surface area contributed by atoms with Crippen LogP contribution in [0.15, 0.2) is 54.6 Å². The maximum atomic E-state index is 11.3. The number of aromatic hydroxyl groups is 1. The van der Waals surface area contributed by atoms with E-state index < -0.39 is 0 Å². The maximum Gasteiger partial charge on any atom is 0.168 e. The van der Waals surface area contributed by atoms with Crippen LogP contribution in [-0.4, -0.2) is 26.7 Å². The standard InChI is InChI=1S/C38H49N3O2/c1-6-7-8-9-10-11-12-13-14-15-16-24-43-34-19-17-18-33(35(34)42)38-40-36(31-22-20-27(2)25-29(31)4)39-37(41-38)32-23-21-28(3)26-30(32)5/h17-23,25-26,42H,6-16,24H2,1-5H3. The monoisotopic (exact) mass is 579 g/mol. The zero-order valence-electron chi connectivity index (χ0n) is 26.9. The van der Waals surface area contributed by atoms with Gasteiger partial charge in [-0.3, -0.25) is 0 Å². The molecule has 0 radical (unpaired) electrons. The topological polar surface area (TPSA) is 68.1 Å². The fourth-order valence-electron chi connectivity index (χ4n) is 5.63. The molecular weight excluding hydrogens is 530 g/mol. The number of phenolic OH excluding ortho intramolecular Hbond substituents is 1. The average Bonchev–Trinajstić information content (AvgIpc) is 2.98. The predicted molar refractivity (Wildman–Crippen MR) is 179 cm³/mol. The molecule has 0 unspecified atom stereocenters. The van der Waals surface area contributed by atoms with E-state index in [2.05, 4.69) is 71.0 Å². The van der Waals surface area contributed by atoms with Crippen molar-refractivity contribution in [2.75, 3.05) is 6.61 Å². The number of hydrogen-bond donors (Lipinski definition) is 1. The van der Waals surface area contributed by atoms with Crippen molar-refractivity contribution in [1.29, 1.82) is 0 Å². The molecule has 0 atom stereocenters. The molecule has 0 spiro atoms. The summed E-state index contributed by atoms with van der Waals surface area (Å²) < 4.78 is 6.05. The van der Waals surface area contributed by atoms with Gasteiger partial charge in [0.15, 0.2) is 29.0 Å². The Morgan fingerprint density at radius 3 is 1.51 bits per heavy atom. The third-order valence-electron chi connectivity index (χ3n) is 8.13. The highest BCUT2D eigenvalue weighted by Crippen LogP contribution is 2.37. The molecule has 0 aliphatic rings. The second-order valence-electron chi connectivity index (χ2n) is 12.0. The third kappa shape index (κ3) is 9.13. The van der Waals surface area contributed by atoms with Crippen LogP contribution < -0.4 is 4.74 Å². The molecule has 5 nitrogen and oxygen atoms in total. The highest BCUT2D eigenvalue weighted by molar-refractivity contribution is 5.73. The van der Waals surface area contributed by atoms with E-state index in [4.69, 9.17) is 19.7 Å². The Labute approximate surface area is 258 Å². The Hall–Kier alpha value is -3.73. The molecule has 5 heteroatoms. The minimum Gasteiger partial charge on any atom is -0.504 e. The van der Waals surface area contributed by atoms with Crippen LogP contribution in [0.1, 0.15) is 99.8 Å². The first kappa shape index (κ1) is 32.2. The van der Waals surface area contributed by atoms with E-state index >= 15 is 0 Å². The first-order chi connectivity index (χ1) is 20.9. The van der Waals surface area contributed by atoms with Crippen molar-refractivity contribution in [3.05, 3.63) is 76.9 Å². The summed E-state index contributed by atoms with van der Waals surface area (Å²) in [5.41, 5.74) is 6.99. The summed E-state index contributed by atoms with van der Waals surface area (Å²) in [4.78, 5) is 14.6. The van der Waals surface area contributed by atoms with Crippen molar-refractivity contribution in [1.82, 2.24) is 15.0 Å². The average molecular weight is 580 g/mol. The number of nitrogens with zero attached hydrogens (tertiary/aromatic N) is 3. The summed E-state index contributed by atoms with van der Waals surface area (Å²) in [7, 11) is 0. The van der Waals surface area contributed by atoms with Crippen LogP contribution >= 0.6 is 0 Å². The van der Waals surface area contributed by atoms with Crippen molar-refractivity contribution < 1.29 is 9.84 Å². The Balaban J connectivity index is 1.47. The van der Waals surface area contributed by atoms with Crippen molar-refractivity contribution in [3.8, 4) is 45.7 Å². The van der Waals surface area contributed by atoms with E-state index in [1.807, 2.05) is 18.2 Å². The molecule has 0 saturated heterocycles. The Morgan fingerprint density at radius 1 is 0.558 bits per heavy atom. The van der Waals surface area contributed by atoms with E-state index in [-0.39, 0.29) is 5.75 Å². The summed E-state index contributed by atoms with van der Waals surface area (Å²) in [6.45, 7) is 11.1. The number of ether oxygens (including phenoxy) is 1. The molecule has 1 heterocycles. The molecule has 1 N–H and O–H groups in total. The van der Waals surface area contributed by atoms with E-state index in [9.17, 15) is 5.11 Å². The van der Waals surface area contributed by atoms with Gasteiger partial charge in [0, 0.05) is 11.1 Å². The van der Waals surface area contributed by atoms with Crippen molar-refractivity contribution >= 4 is 0 Å². The Bertz CT molecular complexity index is 1410. The molecule has 0 fully saturated rings. The number of para-hydroxylation sites is 1. The van der Waals surface area contributed by atoms with Crippen LogP contribution in [0.4, 0.5) is 0 Å². The molecule has 1 aromatic heterocycles. The summed E-state index contributed by atoms with van der Waals surface area (Å²) >= 11 is 0. The number of hydrogen-bond acceptors (Lipinski definition) is 5. The zero-order valence-corrected chi connectivity index (χ0v) is 26.9. The van der Waals surface area contributed by atoms with Crippen molar-refractivity contribution in [2.45, 2.75) is 105 Å². The van der Waals surface area contributed by atoms with Crippen molar-refractivity contribution in [2.24, 2.45) is 0 Å². The SMILES string of the molecule is CCCCCCCCCCCCCOc1cccc(-c2nc(-c3ccc(C)cc3C)nc(-c3ccc(C)cc3C)n2)c1O. The lowest BCUT2D eigenvalue weighted by molar-refractivity contribution is 0.289. The molecular formula is C38H49N3O2. The van der Waals surface area contributed by atoms with Crippen LogP contribution in [-0.2, 0) is 0 Å². The van der Waals surface area contributed by atoms with E-state index in [0.29, 0.717) is 35.4 Å². The summed E-state index contributed by atoms with van der Waals surface area (Å²) in [6, 6.07) is 18.1. The van der Waals surface area contributed by atoms with Gasteiger partial charge < -0.3 is 9.84 Å². The lowest BCUT2D eigenvalue weighted by atomic mass is 10.0. The maximum absolute atomic E-state index is 11.3. The number of aryl methyl sites for hydroxylation is 4. The molecule has 3 aromatic carbocycles. The van der Waals surface area contributed by atoms with E-state index in [1.165, 1.54) is 68.9 Å². The third-order valence-corrected chi connectivity index (χ3v) is 8.13. The Kier molecular flexibility index (Phi) is 12.1. The van der Waals surface area contributed by atoms with Gasteiger partial charge in [-0.2, -0.15) is 0 Å². The molecule has 228 valence electrons. The Morgan fingerprint density at radius 2 is 1.02 bits per heavy atom. The number of phenols is 1. The lowest BCUT2D eigenvalue weighted by Gasteiger charge is -2.14. The normalized spacial score (nSPS) is 11.2. The number of rotatable bonds is 16. The van der Waals surface area contributed by atoms with Gasteiger partial charge in [-0.05, 0) is 57.4 Å². The highest BCUT2D eigenvalue weighted by atomic mass is 16.5. The van der Waals surface area contributed by atoms with Crippen LogP contribution in [0.3, 0.4) is 0 Å². The lowest BCUT2D eigenvalue weighted by Crippen LogP contribution is -2.03. The molecule has 4 aromatic rings.